The molecule has 33 heavy (non-hydrogen) atoms. The van der Waals surface area contributed by atoms with Gasteiger partial charge in [0.25, 0.3) is 0 Å². The van der Waals surface area contributed by atoms with Gasteiger partial charge in [0.2, 0.25) is 0 Å². The van der Waals surface area contributed by atoms with Gasteiger partial charge < -0.3 is 21.3 Å². The minimum absolute atomic E-state index is 0. The number of halogens is 7. The smallest absolute Gasteiger partial charge is 0.123 e. The molecule has 0 bridgehead atoms. The molecule has 11 heteroatoms. The normalized spacial score (nSPS) is 11.9. The van der Waals surface area contributed by atoms with E-state index in [2.05, 4.69) is 15.5 Å². The van der Waals surface area contributed by atoms with Gasteiger partial charge in [-0.05, 0) is 61.4 Å². The lowest BCUT2D eigenvalue weighted by Gasteiger charge is -2.30. The Labute approximate surface area is 225 Å². The van der Waals surface area contributed by atoms with Crippen LogP contribution in [0.3, 0.4) is 0 Å². The number of nitrogens with one attached hydrogen (secondary N) is 2. The average Bonchev–Trinajstić information content (AvgIpc) is 2.73. The van der Waals surface area contributed by atoms with Gasteiger partial charge in [0, 0.05) is 62.4 Å². The number of anilines is 2. The highest BCUT2D eigenvalue weighted by atomic mass is 35.5. The van der Waals surface area contributed by atoms with E-state index >= 15 is 0 Å². The van der Waals surface area contributed by atoms with E-state index < -0.39 is 0 Å². The van der Waals surface area contributed by atoms with E-state index in [1.165, 1.54) is 18.2 Å². The van der Waals surface area contributed by atoms with Gasteiger partial charge in [-0.1, -0.05) is 0 Å². The van der Waals surface area contributed by atoms with Gasteiger partial charge in [0.15, 0.2) is 0 Å². The zero-order valence-corrected chi connectivity index (χ0v) is 22.8. The van der Waals surface area contributed by atoms with Crippen LogP contribution in [0.1, 0.15) is 11.1 Å². The van der Waals surface area contributed by atoms with Crippen LogP contribution in [0, 0.1) is 25.5 Å². The molecule has 2 aromatic rings. The molecule has 4 nitrogen and oxygen atoms in total. The van der Waals surface area contributed by atoms with Gasteiger partial charge >= 0.3 is 0 Å². The topological polar surface area (TPSA) is 53.3 Å². The summed E-state index contributed by atoms with van der Waals surface area (Å²) in [6, 6.07) is 9.32. The summed E-state index contributed by atoms with van der Waals surface area (Å²) in [5.41, 5.74) is 9.02. The molecule has 0 aliphatic carbocycles. The molecule has 0 unspecified atom stereocenters. The summed E-state index contributed by atoms with van der Waals surface area (Å²) < 4.78 is 25.2. The first kappa shape index (κ1) is 36.8. The van der Waals surface area contributed by atoms with Crippen LogP contribution in [-0.2, 0) is 0 Å². The second-order valence-electron chi connectivity index (χ2n) is 6.80. The van der Waals surface area contributed by atoms with Crippen LogP contribution in [0.15, 0.2) is 36.4 Å². The fraction of sp³-hybridized carbons (Fsp3) is 0.455. The molecular formula is C22H35Cl5F2N4. The van der Waals surface area contributed by atoms with Crippen molar-refractivity contribution < 1.29 is 8.78 Å². The molecule has 0 atom stereocenters. The van der Waals surface area contributed by atoms with Crippen molar-refractivity contribution in [3.05, 3.63) is 59.2 Å². The lowest BCUT2D eigenvalue weighted by molar-refractivity contribution is 0.586. The summed E-state index contributed by atoms with van der Waals surface area (Å²) >= 11 is 10.7. The summed E-state index contributed by atoms with van der Waals surface area (Å²) in [4.78, 5) is 2.30. The first-order valence-corrected chi connectivity index (χ1v) is 11.0. The molecule has 4 N–H and O–H groups in total. The summed E-state index contributed by atoms with van der Waals surface area (Å²) in [5.74, 6) is 0.941. The third kappa shape index (κ3) is 15.7. The predicted molar refractivity (Wildman–Crippen MR) is 148 cm³/mol. The molecule has 0 radical (unpaired) electrons. The summed E-state index contributed by atoms with van der Waals surface area (Å²) in [5, 5.41) is 6.32. The zero-order valence-electron chi connectivity index (χ0n) is 18.9. The molecule has 0 saturated carbocycles. The van der Waals surface area contributed by atoms with E-state index in [9.17, 15) is 8.78 Å². The Bertz CT molecular complexity index is 747. The van der Waals surface area contributed by atoms with E-state index in [0.717, 1.165) is 56.1 Å². The van der Waals surface area contributed by atoms with Crippen molar-refractivity contribution in [2.75, 3.05) is 61.7 Å². The van der Waals surface area contributed by atoms with Crippen molar-refractivity contribution in [3.63, 3.8) is 0 Å². The Morgan fingerprint density at radius 1 is 0.879 bits per heavy atom. The highest BCUT2D eigenvalue weighted by Crippen LogP contribution is 2.20. The van der Waals surface area contributed by atoms with Crippen LogP contribution in [0.4, 0.5) is 20.2 Å². The van der Waals surface area contributed by atoms with Crippen molar-refractivity contribution in [3.8, 4) is 0 Å². The Morgan fingerprint density at radius 2 is 1.36 bits per heavy atom. The molecule has 3 rings (SSSR count). The maximum atomic E-state index is 12.9. The van der Waals surface area contributed by atoms with Crippen molar-refractivity contribution in [1.82, 2.24) is 10.6 Å². The fourth-order valence-electron chi connectivity index (χ4n) is 2.78. The number of hydrogen-bond acceptors (Lipinski definition) is 4. The molecular weight excluding hydrogens is 536 g/mol. The molecule has 1 fully saturated rings. The monoisotopic (exact) mass is 568 g/mol. The quantitative estimate of drug-likeness (QED) is 0.250. The van der Waals surface area contributed by atoms with Gasteiger partial charge in [-0.2, -0.15) is 0 Å². The number of alkyl halides is 2. The molecule has 0 aromatic heterocycles. The lowest BCUT2D eigenvalue weighted by Crippen LogP contribution is -2.43. The Balaban J connectivity index is -0.000000419. The molecule has 1 heterocycles. The third-order valence-electron chi connectivity index (χ3n) is 4.39. The maximum absolute atomic E-state index is 12.9. The molecule has 1 aliphatic rings. The van der Waals surface area contributed by atoms with Crippen LogP contribution in [0.2, 0.25) is 0 Å². The van der Waals surface area contributed by atoms with E-state index in [1.807, 2.05) is 13.0 Å². The minimum atomic E-state index is -0.235. The van der Waals surface area contributed by atoms with Gasteiger partial charge in [-0.25, -0.2) is 8.78 Å². The molecule has 192 valence electrons. The van der Waals surface area contributed by atoms with Crippen LogP contribution >= 0.6 is 60.4 Å². The number of nitrogen functional groups attached to an aromatic ring is 1. The van der Waals surface area contributed by atoms with E-state index in [0.29, 0.717) is 17.4 Å². The molecule has 1 aliphatic heterocycles. The van der Waals surface area contributed by atoms with E-state index in [4.69, 9.17) is 28.9 Å². The van der Waals surface area contributed by atoms with Gasteiger partial charge in [0.1, 0.15) is 11.6 Å². The summed E-state index contributed by atoms with van der Waals surface area (Å²) in [6.07, 6.45) is 0. The highest BCUT2D eigenvalue weighted by Gasteiger charge is 2.12. The predicted octanol–water partition coefficient (Wildman–Crippen LogP) is 5.58. The zero-order chi connectivity index (χ0) is 22.4. The average molecular weight is 571 g/mol. The number of nitrogens with zero attached hydrogens (tertiary/aromatic N) is 1. The summed E-state index contributed by atoms with van der Waals surface area (Å²) in [6.45, 7) is 9.48. The number of piperazine rings is 1. The number of benzene rings is 2. The van der Waals surface area contributed by atoms with E-state index in [-0.39, 0.29) is 48.9 Å². The van der Waals surface area contributed by atoms with E-state index in [1.54, 1.807) is 19.1 Å². The Hall–Kier alpha value is -0.730. The number of aryl methyl sites for hydroxylation is 2. The lowest BCUT2D eigenvalue weighted by atomic mass is 10.1. The van der Waals surface area contributed by atoms with Crippen molar-refractivity contribution in [2.24, 2.45) is 0 Å². The van der Waals surface area contributed by atoms with Crippen molar-refractivity contribution in [1.29, 1.82) is 0 Å². The second-order valence-corrected chi connectivity index (χ2v) is 7.55. The highest BCUT2D eigenvalue weighted by molar-refractivity contribution is 6.18. The molecule has 1 saturated heterocycles. The van der Waals surface area contributed by atoms with Crippen molar-refractivity contribution >= 4 is 71.8 Å². The largest absolute Gasteiger partial charge is 0.399 e. The standard InChI is InChI=1S/C11H15FN2.C7H8FN.C4H9Cl2N.3ClH/c1-9-8-10(12)2-3-11(9)14-6-4-13-5-7-14;1-5-4-6(8)2-3-7(5)9;5-1-3-7-4-2-6;;;/h2-3,8,13H,4-7H2,1H3;2-4H,9H2,1H3;7H,1-4H2;3*1H. The first-order chi connectivity index (χ1) is 14.4. The maximum Gasteiger partial charge on any atom is 0.123 e. The SMILES string of the molecule is Cc1cc(F)ccc1N.Cc1cc(F)ccc1N1CCNCC1.Cl.Cl.Cl.ClCCNCCCl. The summed E-state index contributed by atoms with van der Waals surface area (Å²) in [7, 11) is 0. The number of nitrogens with two attached hydrogens (primary N) is 1. The van der Waals surface area contributed by atoms with Gasteiger partial charge in [0.05, 0.1) is 0 Å². The first-order valence-electron chi connectivity index (χ1n) is 9.95. The Kier molecular flexibility index (Phi) is 24.3. The molecule has 0 amide bonds. The van der Waals surface area contributed by atoms with Gasteiger partial charge in [-0.15, -0.1) is 60.4 Å². The van der Waals surface area contributed by atoms with Crippen LogP contribution < -0.4 is 21.3 Å². The molecule has 2 aromatic carbocycles. The minimum Gasteiger partial charge on any atom is -0.399 e. The number of rotatable bonds is 5. The van der Waals surface area contributed by atoms with Crippen molar-refractivity contribution in [2.45, 2.75) is 13.8 Å². The van der Waals surface area contributed by atoms with Crippen LogP contribution in [-0.4, -0.2) is 51.0 Å². The third-order valence-corrected chi connectivity index (χ3v) is 4.77. The fourth-order valence-corrected chi connectivity index (χ4v) is 3.04. The van der Waals surface area contributed by atoms with Crippen LogP contribution in [0.25, 0.3) is 0 Å². The number of hydrogen-bond donors (Lipinski definition) is 3. The second kappa shape index (κ2) is 21.8. The van der Waals surface area contributed by atoms with Crippen LogP contribution in [0.5, 0.6) is 0 Å². The Morgan fingerprint density at radius 3 is 1.79 bits per heavy atom. The van der Waals surface area contributed by atoms with Gasteiger partial charge in [-0.3, -0.25) is 0 Å². The molecule has 0 spiro atoms.